The monoisotopic (exact) mass is 384 g/mol. The molecular weight excluding hydrogens is 360 g/mol. The Labute approximate surface area is 153 Å². The molecular formula is C17H24N2O6S. The van der Waals surface area contributed by atoms with Crippen molar-refractivity contribution >= 4 is 15.9 Å². The zero-order chi connectivity index (χ0) is 18.9. The van der Waals surface area contributed by atoms with Gasteiger partial charge in [-0.15, -0.1) is 0 Å². The van der Waals surface area contributed by atoms with Gasteiger partial charge in [-0.25, -0.2) is 8.42 Å². The molecule has 0 bridgehead atoms. The largest absolute Gasteiger partial charge is 0.493 e. The number of hydrogen-bond acceptors (Lipinski definition) is 6. The Bertz CT molecular complexity index is 759. The average molecular weight is 384 g/mol. The predicted octanol–water partition coefficient (Wildman–Crippen LogP) is 0.753. The summed E-state index contributed by atoms with van der Waals surface area (Å²) in [6, 6.07) is 3.54. The van der Waals surface area contributed by atoms with E-state index < -0.39 is 10.0 Å². The maximum absolute atomic E-state index is 12.3. The minimum absolute atomic E-state index is 0.152. The average Bonchev–Trinajstić information content (AvgIpc) is 3.42. The fraction of sp³-hybridized carbons (Fsp3) is 0.588. The number of nitrogens with one attached hydrogen (secondary N) is 1. The van der Waals surface area contributed by atoms with Crippen LogP contribution in [0.2, 0.25) is 0 Å². The van der Waals surface area contributed by atoms with Crippen LogP contribution in [-0.2, 0) is 21.4 Å². The second kappa shape index (κ2) is 7.32. The summed E-state index contributed by atoms with van der Waals surface area (Å²) in [5.41, 5.74) is 0.801. The molecule has 8 nitrogen and oxygen atoms in total. The third-order valence-corrected chi connectivity index (χ3v) is 7.05. The Hall–Kier alpha value is -2.00. The van der Waals surface area contributed by atoms with Crippen LogP contribution in [0.3, 0.4) is 0 Å². The molecule has 0 unspecified atom stereocenters. The molecule has 1 amide bonds. The van der Waals surface area contributed by atoms with Gasteiger partial charge in [0.1, 0.15) is 0 Å². The number of carbonyl (C=O) groups is 1. The lowest BCUT2D eigenvalue weighted by Gasteiger charge is -2.37. The number of hydrogen-bond donors (Lipinski definition) is 1. The second-order valence-electron chi connectivity index (χ2n) is 6.51. The van der Waals surface area contributed by atoms with E-state index in [2.05, 4.69) is 5.32 Å². The first-order valence-corrected chi connectivity index (χ1v) is 9.96. The number of ether oxygens (including phenoxy) is 3. The maximum Gasteiger partial charge on any atom is 0.226 e. The topological polar surface area (TPSA) is 94.2 Å². The van der Waals surface area contributed by atoms with Crippen LogP contribution in [0.15, 0.2) is 12.1 Å². The van der Waals surface area contributed by atoms with Gasteiger partial charge >= 0.3 is 0 Å². The quantitative estimate of drug-likeness (QED) is 0.711. The van der Waals surface area contributed by atoms with E-state index in [4.69, 9.17) is 14.2 Å². The first-order chi connectivity index (χ1) is 12.4. The Morgan fingerprint density at radius 2 is 1.69 bits per heavy atom. The summed E-state index contributed by atoms with van der Waals surface area (Å²) in [6.07, 6.45) is 1.47. The van der Waals surface area contributed by atoms with Crippen molar-refractivity contribution in [3.63, 3.8) is 0 Å². The van der Waals surface area contributed by atoms with Crippen LogP contribution in [0.25, 0.3) is 0 Å². The van der Waals surface area contributed by atoms with E-state index in [-0.39, 0.29) is 30.2 Å². The van der Waals surface area contributed by atoms with Gasteiger partial charge in [-0.3, -0.25) is 4.79 Å². The molecule has 26 heavy (non-hydrogen) atoms. The summed E-state index contributed by atoms with van der Waals surface area (Å²) in [6.45, 7) is 0.821. The number of sulfonamides is 1. The number of benzene rings is 1. The van der Waals surface area contributed by atoms with Gasteiger partial charge in [-0.1, -0.05) is 0 Å². The Kier molecular flexibility index (Phi) is 5.29. The third kappa shape index (κ3) is 3.59. The van der Waals surface area contributed by atoms with Crippen molar-refractivity contribution in [2.45, 2.75) is 24.6 Å². The standard InChI is InChI=1S/C17H24N2O6S/c1-23-14-6-11(7-15(24-2)16(14)25-3)8-18-17(20)12-9-19(10-12)26(21,22)13-4-5-13/h6-7,12-13H,4-5,8-10H2,1-3H3,(H,18,20). The first-order valence-electron chi connectivity index (χ1n) is 8.46. The summed E-state index contributed by atoms with van der Waals surface area (Å²) >= 11 is 0. The van der Waals surface area contributed by atoms with Crippen LogP contribution in [0.5, 0.6) is 17.2 Å². The fourth-order valence-electron chi connectivity index (χ4n) is 2.96. The van der Waals surface area contributed by atoms with Gasteiger partial charge < -0.3 is 19.5 Å². The smallest absolute Gasteiger partial charge is 0.226 e. The van der Waals surface area contributed by atoms with Crippen LogP contribution < -0.4 is 19.5 Å². The molecule has 1 aromatic rings. The number of amides is 1. The number of carbonyl (C=O) groups excluding carboxylic acids is 1. The van der Waals surface area contributed by atoms with Gasteiger partial charge in [-0.2, -0.15) is 4.31 Å². The lowest BCUT2D eigenvalue weighted by molar-refractivity contribution is -0.128. The lowest BCUT2D eigenvalue weighted by atomic mass is 10.0. The van der Waals surface area contributed by atoms with E-state index in [9.17, 15) is 13.2 Å². The van der Waals surface area contributed by atoms with Crippen molar-refractivity contribution < 1.29 is 27.4 Å². The van der Waals surface area contributed by atoms with E-state index in [0.717, 1.165) is 18.4 Å². The zero-order valence-corrected chi connectivity index (χ0v) is 16.0. The lowest BCUT2D eigenvalue weighted by Crippen LogP contribution is -2.56. The van der Waals surface area contributed by atoms with E-state index in [0.29, 0.717) is 23.8 Å². The third-order valence-electron chi connectivity index (χ3n) is 4.72. The molecule has 2 fully saturated rings. The van der Waals surface area contributed by atoms with Crippen LogP contribution in [0.1, 0.15) is 18.4 Å². The highest BCUT2D eigenvalue weighted by Crippen LogP contribution is 2.38. The Balaban J connectivity index is 1.57. The van der Waals surface area contributed by atoms with Crippen LogP contribution in [-0.4, -0.2) is 58.3 Å². The van der Waals surface area contributed by atoms with Gasteiger partial charge in [0.15, 0.2) is 11.5 Å². The molecule has 0 aromatic heterocycles. The summed E-state index contributed by atoms with van der Waals surface area (Å²) in [4.78, 5) is 12.3. The van der Waals surface area contributed by atoms with Crippen LogP contribution >= 0.6 is 0 Å². The van der Waals surface area contributed by atoms with Gasteiger partial charge in [0.05, 0.1) is 32.5 Å². The molecule has 1 saturated carbocycles. The molecule has 0 atom stereocenters. The number of nitrogens with zero attached hydrogens (tertiary/aromatic N) is 1. The molecule has 144 valence electrons. The minimum atomic E-state index is -3.18. The molecule has 2 aliphatic rings. The highest BCUT2D eigenvalue weighted by atomic mass is 32.2. The predicted molar refractivity (Wildman–Crippen MR) is 94.9 cm³/mol. The normalized spacial score (nSPS) is 18.1. The Morgan fingerprint density at radius 3 is 2.15 bits per heavy atom. The zero-order valence-electron chi connectivity index (χ0n) is 15.1. The van der Waals surface area contributed by atoms with Crippen molar-refractivity contribution in [3.05, 3.63) is 17.7 Å². The van der Waals surface area contributed by atoms with Crippen molar-refractivity contribution in [2.24, 2.45) is 5.92 Å². The molecule has 1 aliphatic heterocycles. The van der Waals surface area contributed by atoms with Gasteiger partial charge in [0.25, 0.3) is 0 Å². The van der Waals surface area contributed by atoms with E-state index in [1.165, 1.54) is 25.6 Å². The second-order valence-corrected chi connectivity index (χ2v) is 8.72. The molecule has 1 heterocycles. The van der Waals surface area contributed by atoms with Crippen molar-refractivity contribution in [1.82, 2.24) is 9.62 Å². The summed E-state index contributed by atoms with van der Waals surface area (Å²) in [5.74, 6) is 1.07. The van der Waals surface area contributed by atoms with E-state index in [1.54, 1.807) is 12.1 Å². The van der Waals surface area contributed by atoms with Crippen molar-refractivity contribution in [2.75, 3.05) is 34.4 Å². The van der Waals surface area contributed by atoms with E-state index in [1.807, 2.05) is 0 Å². The Morgan fingerprint density at radius 1 is 1.12 bits per heavy atom. The van der Waals surface area contributed by atoms with Crippen LogP contribution in [0.4, 0.5) is 0 Å². The van der Waals surface area contributed by atoms with Gasteiger partial charge in [-0.05, 0) is 30.5 Å². The summed E-state index contributed by atoms with van der Waals surface area (Å²) in [5, 5.41) is 2.61. The van der Waals surface area contributed by atoms with Gasteiger partial charge in [0.2, 0.25) is 21.7 Å². The highest BCUT2D eigenvalue weighted by Gasteiger charge is 2.46. The number of rotatable bonds is 8. The number of methoxy groups -OCH3 is 3. The first kappa shape index (κ1) is 18.8. The molecule has 1 saturated heterocycles. The molecule has 3 rings (SSSR count). The van der Waals surface area contributed by atoms with E-state index >= 15 is 0 Å². The van der Waals surface area contributed by atoms with Crippen molar-refractivity contribution in [1.29, 1.82) is 0 Å². The molecule has 1 N–H and O–H groups in total. The van der Waals surface area contributed by atoms with Crippen LogP contribution in [0, 0.1) is 5.92 Å². The minimum Gasteiger partial charge on any atom is -0.493 e. The molecule has 0 spiro atoms. The maximum atomic E-state index is 12.3. The summed E-state index contributed by atoms with van der Waals surface area (Å²) in [7, 11) is 1.41. The summed E-state index contributed by atoms with van der Waals surface area (Å²) < 4.78 is 41.4. The fourth-order valence-corrected chi connectivity index (χ4v) is 4.89. The molecule has 1 aromatic carbocycles. The van der Waals surface area contributed by atoms with Gasteiger partial charge in [0, 0.05) is 19.6 Å². The van der Waals surface area contributed by atoms with Crippen molar-refractivity contribution in [3.8, 4) is 17.2 Å². The molecule has 9 heteroatoms. The SMILES string of the molecule is COc1cc(CNC(=O)C2CN(S(=O)(=O)C3CC3)C2)cc(OC)c1OC. The molecule has 0 radical (unpaired) electrons. The molecule has 1 aliphatic carbocycles. The highest BCUT2D eigenvalue weighted by molar-refractivity contribution is 7.90.